The molecule has 4 rings (SSSR count). The molecule has 0 aliphatic heterocycles. The van der Waals surface area contributed by atoms with Gasteiger partial charge in [-0.05, 0) is 56.7 Å². The second-order valence-corrected chi connectivity index (χ2v) is 7.69. The van der Waals surface area contributed by atoms with Gasteiger partial charge in [0.1, 0.15) is 0 Å². The van der Waals surface area contributed by atoms with Crippen molar-refractivity contribution in [1.82, 2.24) is 10.2 Å². The van der Waals surface area contributed by atoms with E-state index in [9.17, 15) is 4.79 Å². The molecule has 1 unspecified atom stereocenters. The molecular weight excluding hydrogens is 334 g/mol. The molecular formula is C23H27N3O. The maximum Gasteiger partial charge on any atom is 0.231 e. The van der Waals surface area contributed by atoms with Gasteiger partial charge in [0.15, 0.2) is 0 Å². The van der Waals surface area contributed by atoms with Crippen LogP contribution in [0, 0.1) is 18.8 Å². The molecule has 4 nitrogen and oxygen atoms in total. The summed E-state index contributed by atoms with van der Waals surface area (Å²) in [7, 11) is 0. The molecule has 140 valence electrons. The molecule has 1 aromatic carbocycles. The number of hydrogen-bond donors (Lipinski definition) is 2. The number of nitrogens with one attached hydrogen (secondary N) is 2. The van der Waals surface area contributed by atoms with Crippen LogP contribution in [0.1, 0.15) is 44.2 Å². The minimum atomic E-state index is -0.0372. The number of rotatable bonds is 4. The first-order chi connectivity index (χ1) is 13.2. The predicted molar refractivity (Wildman–Crippen MR) is 111 cm³/mol. The zero-order valence-electron chi connectivity index (χ0n) is 15.9. The van der Waals surface area contributed by atoms with E-state index in [1.165, 1.54) is 18.4 Å². The third-order valence-electron chi connectivity index (χ3n) is 5.83. The van der Waals surface area contributed by atoms with E-state index in [-0.39, 0.29) is 11.8 Å². The first kappa shape index (κ1) is 17.8. The molecule has 0 saturated heterocycles. The van der Waals surface area contributed by atoms with Crippen molar-refractivity contribution in [3.8, 4) is 0 Å². The van der Waals surface area contributed by atoms with Crippen LogP contribution in [0.25, 0.3) is 10.9 Å². The van der Waals surface area contributed by atoms with Crippen LogP contribution in [-0.4, -0.2) is 16.1 Å². The lowest BCUT2D eigenvalue weighted by atomic mass is 9.81. The maximum atomic E-state index is 13.3. The average molecular weight is 361 g/mol. The van der Waals surface area contributed by atoms with Crippen molar-refractivity contribution >= 4 is 22.5 Å². The van der Waals surface area contributed by atoms with Crippen molar-refractivity contribution in [1.29, 1.82) is 0 Å². The SMILES string of the molecule is Cc1[nH]nc2ccc(NC(=O)C(C3=CC=CC=CCC3)C3CCCC3)cc12. The number of amides is 1. The van der Waals surface area contributed by atoms with Crippen LogP contribution in [-0.2, 0) is 4.79 Å². The van der Waals surface area contributed by atoms with Gasteiger partial charge >= 0.3 is 0 Å². The molecule has 0 spiro atoms. The quantitative estimate of drug-likeness (QED) is 0.761. The lowest BCUT2D eigenvalue weighted by Crippen LogP contribution is -2.30. The molecule has 1 fully saturated rings. The normalized spacial score (nSPS) is 18.9. The van der Waals surface area contributed by atoms with Gasteiger partial charge in [0, 0.05) is 16.8 Å². The third kappa shape index (κ3) is 3.90. The van der Waals surface area contributed by atoms with Gasteiger partial charge in [-0.2, -0.15) is 5.10 Å². The summed E-state index contributed by atoms with van der Waals surface area (Å²) in [6.07, 6.45) is 17.3. The number of benzene rings is 1. The molecule has 2 aromatic rings. The Bertz CT molecular complexity index is 913. The Morgan fingerprint density at radius 1 is 1.22 bits per heavy atom. The molecule has 1 aromatic heterocycles. The van der Waals surface area contributed by atoms with Crippen LogP contribution < -0.4 is 5.32 Å². The number of aromatic nitrogens is 2. The van der Waals surface area contributed by atoms with Gasteiger partial charge in [-0.3, -0.25) is 9.89 Å². The Hall–Kier alpha value is -2.62. The second-order valence-electron chi connectivity index (χ2n) is 7.69. The third-order valence-corrected chi connectivity index (χ3v) is 5.83. The van der Waals surface area contributed by atoms with E-state index in [1.807, 2.05) is 25.1 Å². The number of carbonyl (C=O) groups excluding carboxylic acids is 1. The number of fused-ring (bicyclic) bond motifs is 1. The van der Waals surface area contributed by atoms with Crippen LogP contribution in [0.4, 0.5) is 5.69 Å². The van der Waals surface area contributed by atoms with E-state index < -0.39 is 0 Å². The monoisotopic (exact) mass is 361 g/mol. The van der Waals surface area contributed by atoms with E-state index in [0.29, 0.717) is 5.92 Å². The van der Waals surface area contributed by atoms with Crippen LogP contribution in [0.5, 0.6) is 0 Å². The highest BCUT2D eigenvalue weighted by atomic mass is 16.1. The molecule has 27 heavy (non-hydrogen) atoms. The van der Waals surface area contributed by atoms with Crippen molar-refractivity contribution in [3.05, 3.63) is 59.8 Å². The highest BCUT2D eigenvalue weighted by molar-refractivity contribution is 5.97. The highest BCUT2D eigenvalue weighted by Gasteiger charge is 2.33. The number of H-pyrrole nitrogens is 1. The molecule has 1 saturated carbocycles. The van der Waals surface area contributed by atoms with Crippen molar-refractivity contribution in [2.45, 2.75) is 45.4 Å². The van der Waals surface area contributed by atoms with E-state index in [2.05, 4.69) is 45.9 Å². The average Bonchev–Trinajstić information content (AvgIpc) is 3.28. The van der Waals surface area contributed by atoms with Crippen LogP contribution in [0.3, 0.4) is 0 Å². The van der Waals surface area contributed by atoms with E-state index in [4.69, 9.17) is 0 Å². The number of allylic oxidation sites excluding steroid dienone is 5. The predicted octanol–water partition coefficient (Wildman–Crippen LogP) is 5.45. The number of nitrogens with zero attached hydrogens (tertiary/aromatic N) is 1. The Balaban J connectivity index is 1.60. The fourth-order valence-electron chi connectivity index (χ4n) is 4.42. The second kappa shape index (κ2) is 7.95. The summed E-state index contributed by atoms with van der Waals surface area (Å²) < 4.78 is 0. The summed E-state index contributed by atoms with van der Waals surface area (Å²) in [5, 5.41) is 11.5. The first-order valence-electron chi connectivity index (χ1n) is 10.0. The minimum Gasteiger partial charge on any atom is -0.326 e. The molecule has 2 aliphatic rings. The molecule has 0 radical (unpaired) electrons. The summed E-state index contributed by atoms with van der Waals surface area (Å²) in [6, 6.07) is 5.93. The summed E-state index contributed by atoms with van der Waals surface area (Å²) in [5.41, 5.74) is 4.06. The fraction of sp³-hybridized carbons (Fsp3) is 0.391. The molecule has 2 N–H and O–H groups in total. The number of aromatic amines is 1. The van der Waals surface area contributed by atoms with Crippen LogP contribution in [0.2, 0.25) is 0 Å². The molecule has 0 bridgehead atoms. The molecule has 1 amide bonds. The molecule has 2 aliphatic carbocycles. The Morgan fingerprint density at radius 3 is 2.93 bits per heavy atom. The van der Waals surface area contributed by atoms with Gasteiger partial charge in [0.05, 0.1) is 11.4 Å². The van der Waals surface area contributed by atoms with Gasteiger partial charge in [0.2, 0.25) is 5.91 Å². The molecule has 1 atom stereocenters. The van der Waals surface area contributed by atoms with Crippen LogP contribution in [0.15, 0.2) is 54.2 Å². The standard InChI is InChI=1S/C23H27N3O/c1-16-20-15-19(13-14-21(20)26-25-16)24-23(27)22(18-11-7-8-12-18)17-9-5-3-2-4-6-10-17/h2-5,9,13-15,18,22H,6-8,10-12H2,1H3,(H,24,27)(H,25,26). The number of carbonyl (C=O) groups is 1. The summed E-state index contributed by atoms with van der Waals surface area (Å²) in [4.78, 5) is 13.3. The Labute approximate surface area is 160 Å². The van der Waals surface area contributed by atoms with Gasteiger partial charge in [-0.25, -0.2) is 0 Å². The van der Waals surface area contributed by atoms with Crippen molar-refractivity contribution in [3.63, 3.8) is 0 Å². The zero-order chi connectivity index (χ0) is 18.6. The number of hydrogen-bond acceptors (Lipinski definition) is 2. The molecule has 4 heteroatoms. The summed E-state index contributed by atoms with van der Waals surface area (Å²) >= 11 is 0. The van der Waals surface area contributed by atoms with Crippen molar-refractivity contribution < 1.29 is 4.79 Å². The summed E-state index contributed by atoms with van der Waals surface area (Å²) in [5.74, 6) is 0.545. The van der Waals surface area contributed by atoms with Crippen molar-refractivity contribution in [2.24, 2.45) is 11.8 Å². The minimum absolute atomic E-state index is 0.0372. The first-order valence-corrected chi connectivity index (χ1v) is 10.0. The maximum absolute atomic E-state index is 13.3. The van der Waals surface area contributed by atoms with Crippen LogP contribution >= 0.6 is 0 Å². The van der Waals surface area contributed by atoms with Gasteiger partial charge in [-0.1, -0.05) is 48.8 Å². The van der Waals surface area contributed by atoms with E-state index >= 15 is 0 Å². The van der Waals surface area contributed by atoms with Crippen molar-refractivity contribution in [2.75, 3.05) is 5.32 Å². The lowest BCUT2D eigenvalue weighted by Gasteiger charge is -2.26. The Morgan fingerprint density at radius 2 is 2.07 bits per heavy atom. The number of aryl methyl sites for hydroxylation is 1. The van der Waals surface area contributed by atoms with Gasteiger partial charge in [-0.15, -0.1) is 0 Å². The fourth-order valence-corrected chi connectivity index (χ4v) is 4.42. The van der Waals surface area contributed by atoms with Gasteiger partial charge in [0.25, 0.3) is 0 Å². The van der Waals surface area contributed by atoms with E-state index in [0.717, 1.165) is 48.0 Å². The smallest absolute Gasteiger partial charge is 0.231 e. The Kier molecular flexibility index (Phi) is 5.23. The lowest BCUT2D eigenvalue weighted by molar-refractivity contribution is -0.120. The highest BCUT2D eigenvalue weighted by Crippen LogP contribution is 2.38. The topological polar surface area (TPSA) is 57.8 Å². The zero-order valence-corrected chi connectivity index (χ0v) is 15.9. The van der Waals surface area contributed by atoms with E-state index in [1.54, 1.807) is 0 Å². The molecule has 1 heterocycles. The number of anilines is 1. The van der Waals surface area contributed by atoms with Gasteiger partial charge < -0.3 is 5.32 Å². The largest absolute Gasteiger partial charge is 0.326 e. The summed E-state index contributed by atoms with van der Waals surface area (Å²) in [6.45, 7) is 2.00.